The standard InChI is InChI=1S/C14H19N3O/c1-17-9-11(14-15-5-6-16-14)7-10-3-4-12(18-2)8-13(10)17/h3-4,8,11H,5-7,9H2,1-2H3,(H,15,16). The summed E-state index contributed by atoms with van der Waals surface area (Å²) in [5.74, 6) is 2.61. The highest BCUT2D eigenvalue weighted by Gasteiger charge is 2.27. The summed E-state index contributed by atoms with van der Waals surface area (Å²) in [6, 6.07) is 6.33. The number of methoxy groups -OCH3 is 1. The van der Waals surface area contributed by atoms with E-state index < -0.39 is 0 Å². The summed E-state index contributed by atoms with van der Waals surface area (Å²) in [5.41, 5.74) is 2.66. The summed E-state index contributed by atoms with van der Waals surface area (Å²) in [5, 5.41) is 3.40. The second-order valence-corrected chi connectivity index (χ2v) is 4.97. The maximum absolute atomic E-state index is 5.29. The van der Waals surface area contributed by atoms with Crippen molar-refractivity contribution in [3.05, 3.63) is 23.8 Å². The molecule has 0 bridgehead atoms. The molecule has 0 aliphatic carbocycles. The highest BCUT2D eigenvalue weighted by Crippen LogP contribution is 2.32. The molecule has 1 N–H and O–H groups in total. The third kappa shape index (κ3) is 1.92. The Labute approximate surface area is 108 Å². The Morgan fingerprint density at radius 3 is 3.06 bits per heavy atom. The first-order valence-corrected chi connectivity index (χ1v) is 6.44. The summed E-state index contributed by atoms with van der Waals surface area (Å²) in [6.07, 6.45) is 1.06. The van der Waals surface area contributed by atoms with Gasteiger partial charge >= 0.3 is 0 Å². The highest BCUT2D eigenvalue weighted by molar-refractivity contribution is 5.87. The topological polar surface area (TPSA) is 36.9 Å². The zero-order valence-electron chi connectivity index (χ0n) is 10.9. The van der Waals surface area contributed by atoms with Crippen molar-refractivity contribution >= 4 is 11.5 Å². The third-order valence-electron chi connectivity index (χ3n) is 3.75. The molecular weight excluding hydrogens is 226 g/mol. The first-order chi connectivity index (χ1) is 8.78. The van der Waals surface area contributed by atoms with Gasteiger partial charge in [-0.05, 0) is 18.1 Å². The molecule has 0 saturated heterocycles. The van der Waals surface area contributed by atoms with Crippen LogP contribution in [0.3, 0.4) is 0 Å². The highest BCUT2D eigenvalue weighted by atomic mass is 16.5. The number of amidine groups is 1. The van der Waals surface area contributed by atoms with Crippen LogP contribution in [0.5, 0.6) is 5.75 Å². The Bertz CT molecular complexity index is 484. The number of anilines is 1. The zero-order chi connectivity index (χ0) is 12.5. The van der Waals surface area contributed by atoms with Gasteiger partial charge in [-0.2, -0.15) is 0 Å². The molecule has 3 rings (SSSR count). The molecule has 2 aliphatic rings. The summed E-state index contributed by atoms with van der Waals surface area (Å²) in [4.78, 5) is 6.85. The van der Waals surface area contributed by atoms with Crippen LogP contribution in [0.1, 0.15) is 5.56 Å². The van der Waals surface area contributed by atoms with Gasteiger partial charge in [-0.25, -0.2) is 0 Å². The van der Waals surface area contributed by atoms with Crippen molar-refractivity contribution in [3.8, 4) is 5.75 Å². The molecule has 96 valence electrons. The zero-order valence-corrected chi connectivity index (χ0v) is 10.9. The van der Waals surface area contributed by atoms with Gasteiger partial charge in [-0.3, -0.25) is 4.99 Å². The van der Waals surface area contributed by atoms with Crippen molar-refractivity contribution in [2.75, 3.05) is 38.7 Å². The monoisotopic (exact) mass is 245 g/mol. The van der Waals surface area contributed by atoms with Gasteiger partial charge in [0.25, 0.3) is 0 Å². The quantitative estimate of drug-likeness (QED) is 0.853. The Morgan fingerprint density at radius 1 is 1.44 bits per heavy atom. The van der Waals surface area contributed by atoms with Crippen molar-refractivity contribution < 1.29 is 4.74 Å². The van der Waals surface area contributed by atoms with E-state index in [1.807, 2.05) is 6.07 Å². The molecule has 1 atom stereocenters. The number of rotatable bonds is 2. The molecule has 2 aliphatic heterocycles. The summed E-state index contributed by atoms with van der Waals surface area (Å²) < 4.78 is 5.29. The fourth-order valence-corrected chi connectivity index (χ4v) is 2.83. The van der Waals surface area contributed by atoms with Crippen molar-refractivity contribution in [3.63, 3.8) is 0 Å². The fourth-order valence-electron chi connectivity index (χ4n) is 2.83. The van der Waals surface area contributed by atoms with Gasteiger partial charge in [-0.15, -0.1) is 0 Å². The van der Waals surface area contributed by atoms with Gasteiger partial charge in [0.1, 0.15) is 11.6 Å². The Hall–Kier alpha value is -1.71. The number of benzene rings is 1. The molecule has 0 spiro atoms. The molecule has 4 nitrogen and oxygen atoms in total. The molecule has 0 amide bonds. The van der Waals surface area contributed by atoms with Gasteiger partial charge in [0.2, 0.25) is 0 Å². The van der Waals surface area contributed by atoms with E-state index in [0.717, 1.165) is 31.8 Å². The first kappa shape index (κ1) is 11.4. The molecule has 1 aromatic rings. The predicted octanol–water partition coefficient (Wildman–Crippen LogP) is 1.31. The number of hydrogen-bond acceptors (Lipinski definition) is 4. The lowest BCUT2D eigenvalue weighted by Gasteiger charge is -2.33. The van der Waals surface area contributed by atoms with Gasteiger partial charge < -0.3 is 15.0 Å². The maximum atomic E-state index is 5.29. The predicted molar refractivity (Wildman–Crippen MR) is 73.8 cm³/mol. The largest absolute Gasteiger partial charge is 0.497 e. The van der Waals surface area contributed by atoms with E-state index in [2.05, 4.69) is 34.4 Å². The molecule has 1 unspecified atom stereocenters. The van der Waals surface area contributed by atoms with E-state index in [1.165, 1.54) is 17.1 Å². The van der Waals surface area contributed by atoms with Crippen LogP contribution >= 0.6 is 0 Å². The number of nitrogens with zero attached hydrogens (tertiary/aromatic N) is 2. The Kier molecular flexibility index (Phi) is 2.86. The SMILES string of the molecule is COc1ccc2c(c1)N(C)CC(C1=NCCN1)C2. The average molecular weight is 245 g/mol. The van der Waals surface area contributed by atoms with Gasteiger partial charge in [0.05, 0.1) is 13.7 Å². The van der Waals surface area contributed by atoms with Crippen LogP contribution in [-0.4, -0.2) is 39.6 Å². The van der Waals surface area contributed by atoms with Gasteiger partial charge in [-0.1, -0.05) is 6.07 Å². The molecule has 18 heavy (non-hydrogen) atoms. The van der Waals surface area contributed by atoms with E-state index >= 15 is 0 Å². The number of fused-ring (bicyclic) bond motifs is 1. The van der Waals surface area contributed by atoms with Crippen molar-refractivity contribution in [1.29, 1.82) is 0 Å². The van der Waals surface area contributed by atoms with E-state index in [-0.39, 0.29) is 0 Å². The average Bonchev–Trinajstić information content (AvgIpc) is 2.92. The molecule has 4 heteroatoms. The third-order valence-corrected chi connectivity index (χ3v) is 3.75. The minimum Gasteiger partial charge on any atom is -0.497 e. The van der Waals surface area contributed by atoms with Crippen LogP contribution in [-0.2, 0) is 6.42 Å². The minimum atomic E-state index is 0.499. The number of nitrogens with one attached hydrogen (secondary N) is 1. The second kappa shape index (κ2) is 4.52. The summed E-state index contributed by atoms with van der Waals surface area (Å²) >= 11 is 0. The molecule has 0 aromatic heterocycles. The van der Waals surface area contributed by atoms with Crippen LogP contribution in [0.2, 0.25) is 0 Å². The van der Waals surface area contributed by atoms with Crippen molar-refractivity contribution in [2.45, 2.75) is 6.42 Å². The van der Waals surface area contributed by atoms with Crippen LogP contribution in [0, 0.1) is 5.92 Å². The molecule has 0 saturated carbocycles. The minimum absolute atomic E-state index is 0.499. The molecule has 2 heterocycles. The van der Waals surface area contributed by atoms with E-state index in [1.54, 1.807) is 7.11 Å². The summed E-state index contributed by atoms with van der Waals surface area (Å²) in [7, 11) is 3.85. The second-order valence-electron chi connectivity index (χ2n) is 4.97. The lowest BCUT2D eigenvalue weighted by atomic mass is 9.91. The van der Waals surface area contributed by atoms with Crippen LogP contribution in [0.15, 0.2) is 23.2 Å². The first-order valence-electron chi connectivity index (χ1n) is 6.44. The van der Waals surface area contributed by atoms with Crippen LogP contribution in [0.25, 0.3) is 0 Å². The Balaban J connectivity index is 1.88. The van der Waals surface area contributed by atoms with Crippen molar-refractivity contribution in [2.24, 2.45) is 10.9 Å². The summed E-state index contributed by atoms with van der Waals surface area (Å²) in [6.45, 7) is 2.93. The molecule has 0 radical (unpaired) electrons. The maximum Gasteiger partial charge on any atom is 0.120 e. The number of hydrogen-bond donors (Lipinski definition) is 1. The lowest BCUT2D eigenvalue weighted by molar-refractivity contribution is 0.414. The van der Waals surface area contributed by atoms with Crippen LogP contribution in [0.4, 0.5) is 5.69 Å². The lowest BCUT2D eigenvalue weighted by Crippen LogP contribution is -2.40. The number of ether oxygens (including phenoxy) is 1. The van der Waals surface area contributed by atoms with E-state index in [4.69, 9.17) is 4.74 Å². The fraction of sp³-hybridized carbons (Fsp3) is 0.500. The molecule has 1 aromatic carbocycles. The van der Waals surface area contributed by atoms with Crippen LogP contribution < -0.4 is 15.0 Å². The normalized spacial score (nSPS) is 22.2. The Morgan fingerprint density at radius 2 is 2.33 bits per heavy atom. The smallest absolute Gasteiger partial charge is 0.120 e. The van der Waals surface area contributed by atoms with Gasteiger partial charge in [0.15, 0.2) is 0 Å². The van der Waals surface area contributed by atoms with E-state index in [9.17, 15) is 0 Å². The molecule has 0 fully saturated rings. The number of aliphatic imine (C=N–C) groups is 1. The van der Waals surface area contributed by atoms with E-state index in [0.29, 0.717) is 5.92 Å². The van der Waals surface area contributed by atoms with Gasteiger partial charge in [0, 0.05) is 37.8 Å². The molecular formula is C14H19N3O. The van der Waals surface area contributed by atoms with Crippen molar-refractivity contribution in [1.82, 2.24) is 5.32 Å².